The second kappa shape index (κ2) is 8.35. The van der Waals surface area contributed by atoms with Crippen molar-refractivity contribution in [1.29, 1.82) is 0 Å². The minimum Gasteiger partial charge on any atom is -0.406 e. The summed E-state index contributed by atoms with van der Waals surface area (Å²) in [6.45, 7) is 0. The lowest BCUT2D eigenvalue weighted by atomic mass is 10.0. The number of ether oxygens (including phenoxy) is 1. The van der Waals surface area contributed by atoms with E-state index in [-0.39, 0.29) is 5.75 Å². The Labute approximate surface area is 175 Å². The molecule has 1 heterocycles. The number of nitrogens with one attached hydrogen (secondary N) is 2. The smallest absolute Gasteiger partial charge is 0.406 e. The fraction of sp³-hybridized carbons (Fsp3) is 0.0435. The molecule has 0 bridgehead atoms. The molecular formula is C23H16F3N3O2. The van der Waals surface area contributed by atoms with Crippen LogP contribution in [0.25, 0.3) is 22.0 Å². The highest BCUT2D eigenvalue weighted by molar-refractivity contribution is 6.02. The predicted molar refractivity (Wildman–Crippen MR) is 113 cm³/mol. The van der Waals surface area contributed by atoms with E-state index in [0.717, 1.165) is 34.2 Å². The molecule has 0 fully saturated rings. The molecule has 0 aliphatic carbocycles. The third kappa shape index (κ3) is 5.11. The molecule has 0 atom stereocenters. The average Bonchev–Trinajstić information content (AvgIpc) is 2.74. The first-order chi connectivity index (χ1) is 14.9. The molecule has 3 aromatic carbocycles. The van der Waals surface area contributed by atoms with Crippen molar-refractivity contribution >= 4 is 28.3 Å². The highest BCUT2D eigenvalue weighted by atomic mass is 19.4. The van der Waals surface area contributed by atoms with Crippen LogP contribution in [-0.2, 0) is 0 Å². The van der Waals surface area contributed by atoms with E-state index in [1.54, 1.807) is 18.3 Å². The van der Waals surface area contributed by atoms with Gasteiger partial charge in [0.05, 0.1) is 11.2 Å². The molecule has 4 rings (SSSR count). The van der Waals surface area contributed by atoms with Gasteiger partial charge in [-0.25, -0.2) is 4.79 Å². The van der Waals surface area contributed by atoms with E-state index in [4.69, 9.17) is 0 Å². The van der Waals surface area contributed by atoms with Crippen LogP contribution in [0, 0.1) is 0 Å². The zero-order chi connectivity index (χ0) is 21.8. The van der Waals surface area contributed by atoms with Crippen LogP contribution >= 0.6 is 0 Å². The van der Waals surface area contributed by atoms with Gasteiger partial charge in [-0.2, -0.15) is 0 Å². The molecule has 0 saturated carbocycles. The Morgan fingerprint density at radius 3 is 2.35 bits per heavy atom. The fourth-order valence-corrected chi connectivity index (χ4v) is 3.09. The number of para-hydroxylation sites is 2. The van der Waals surface area contributed by atoms with Crippen molar-refractivity contribution in [3.8, 4) is 16.9 Å². The van der Waals surface area contributed by atoms with E-state index >= 15 is 0 Å². The number of nitrogens with zero attached hydrogens (tertiary/aromatic N) is 1. The van der Waals surface area contributed by atoms with Gasteiger partial charge in [-0.3, -0.25) is 4.98 Å². The first kappa shape index (κ1) is 20.2. The van der Waals surface area contributed by atoms with Gasteiger partial charge in [0.25, 0.3) is 0 Å². The molecule has 4 aromatic rings. The number of alkyl halides is 3. The van der Waals surface area contributed by atoms with E-state index in [1.165, 1.54) is 12.1 Å². The minimum absolute atomic E-state index is 0.317. The van der Waals surface area contributed by atoms with Crippen LogP contribution in [0.15, 0.2) is 85.1 Å². The van der Waals surface area contributed by atoms with E-state index in [0.29, 0.717) is 11.4 Å². The topological polar surface area (TPSA) is 63.2 Å². The molecule has 5 nitrogen and oxygen atoms in total. The normalized spacial score (nSPS) is 11.2. The van der Waals surface area contributed by atoms with E-state index < -0.39 is 12.4 Å². The van der Waals surface area contributed by atoms with E-state index in [2.05, 4.69) is 20.4 Å². The predicted octanol–water partition coefficient (Wildman–Crippen LogP) is 6.44. The molecule has 156 valence electrons. The van der Waals surface area contributed by atoms with Crippen molar-refractivity contribution in [2.24, 2.45) is 0 Å². The van der Waals surface area contributed by atoms with Crippen molar-refractivity contribution in [3.05, 3.63) is 85.1 Å². The third-order valence-electron chi connectivity index (χ3n) is 4.42. The monoisotopic (exact) mass is 423 g/mol. The second-order valence-electron chi connectivity index (χ2n) is 6.61. The van der Waals surface area contributed by atoms with Crippen molar-refractivity contribution in [3.63, 3.8) is 0 Å². The number of rotatable bonds is 4. The lowest BCUT2D eigenvalue weighted by molar-refractivity contribution is -0.274. The van der Waals surface area contributed by atoms with Gasteiger partial charge in [0.2, 0.25) is 0 Å². The highest BCUT2D eigenvalue weighted by Crippen LogP contribution is 2.30. The van der Waals surface area contributed by atoms with E-state index in [9.17, 15) is 18.0 Å². The molecular weight excluding hydrogens is 407 g/mol. The van der Waals surface area contributed by atoms with Gasteiger partial charge in [0, 0.05) is 28.4 Å². The van der Waals surface area contributed by atoms with Crippen LogP contribution in [-0.4, -0.2) is 17.4 Å². The van der Waals surface area contributed by atoms with Crippen LogP contribution in [0.1, 0.15) is 0 Å². The molecule has 1 aromatic heterocycles. The summed E-state index contributed by atoms with van der Waals surface area (Å²) in [5, 5.41) is 6.33. The van der Waals surface area contributed by atoms with Crippen LogP contribution in [0.2, 0.25) is 0 Å². The molecule has 8 heteroatoms. The number of pyridine rings is 1. The van der Waals surface area contributed by atoms with Gasteiger partial charge in [-0.05, 0) is 42.5 Å². The van der Waals surface area contributed by atoms with Gasteiger partial charge in [0.1, 0.15) is 5.75 Å². The highest BCUT2D eigenvalue weighted by Gasteiger charge is 2.30. The number of anilines is 2. The summed E-state index contributed by atoms with van der Waals surface area (Å²) >= 11 is 0. The summed E-state index contributed by atoms with van der Waals surface area (Å²) in [5.41, 5.74) is 3.37. The number of hydrogen-bond acceptors (Lipinski definition) is 3. The number of amides is 2. The van der Waals surface area contributed by atoms with Crippen molar-refractivity contribution in [2.75, 3.05) is 10.6 Å². The summed E-state index contributed by atoms with van der Waals surface area (Å²) in [7, 11) is 0. The summed E-state index contributed by atoms with van der Waals surface area (Å²) in [6.07, 6.45) is -3.03. The first-order valence-electron chi connectivity index (χ1n) is 9.25. The molecule has 2 N–H and O–H groups in total. The standard InChI is InChI=1S/C23H16F3N3O2/c24-23(25,26)31-18-11-9-17(10-12-18)28-22(30)29-21-8-4-2-6-19(21)16-13-15-5-1-3-7-20(15)27-14-16/h1-14H,(H2,28,29,30). The van der Waals surface area contributed by atoms with Gasteiger partial charge in [0.15, 0.2) is 0 Å². The third-order valence-corrected chi connectivity index (χ3v) is 4.42. The van der Waals surface area contributed by atoms with Gasteiger partial charge in [-0.1, -0.05) is 36.4 Å². The number of carbonyl (C=O) groups is 1. The van der Waals surface area contributed by atoms with Gasteiger partial charge >= 0.3 is 12.4 Å². The number of benzene rings is 3. The van der Waals surface area contributed by atoms with Crippen molar-refractivity contribution < 1.29 is 22.7 Å². The van der Waals surface area contributed by atoms with Crippen LogP contribution in [0.3, 0.4) is 0 Å². The van der Waals surface area contributed by atoms with E-state index in [1.807, 2.05) is 42.5 Å². The SMILES string of the molecule is O=C(Nc1ccc(OC(F)(F)F)cc1)Nc1ccccc1-c1cnc2ccccc2c1. The average molecular weight is 423 g/mol. The lowest BCUT2D eigenvalue weighted by Gasteiger charge is -2.13. The Balaban J connectivity index is 1.50. The zero-order valence-electron chi connectivity index (χ0n) is 16.0. The Morgan fingerprint density at radius 2 is 1.58 bits per heavy atom. The molecule has 0 spiro atoms. The maximum atomic E-state index is 12.4. The summed E-state index contributed by atoms with van der Waals surface area (Å²) in [6, 6.07) is 21.3. The van der Waals surface area contributed by atoms with Crippen LogP contribution < -0.4 is 15.4 Å². The lowest BCUT2D eigenvalue weighted by Crippen LogP contribution is -2.20. The fourth-order valence-electron chi connectivity index (χ4n) is 3.09. The second-order valence-corrected chi connectivity index (χ2v) is 6.61. The molecule has 0 aliphatic rings. The van der Waals surface area contributed by atoms with Crippen LogP contribution in [0.5, 0.6) is 5.75 Å². The Bertz CT molecular complexity index is 1220. The quantitative estimate of drug-likeness (QED) is 0.397. The number of halogens is 3. The Morgan fingerprint density at radius 1 is 0.871 bits per heavy atom. The van der Waals surface area contributed by atoms with Crippen molar-refractivity contribution in [2.45, 2.75) is 6.36 Å². The Kier molecular flexibility index (Phi) is 5.44. The summed E-state index contributed by atoms with van der Waals surface area (Å²) < 4.78 is 40.6. The molecule has 31 heavy (non-hydrogen) atoms. The zero-order valence-corrected chi connectivity index (χ0v) is 16.0. The number of aromatic nitrogens is 1. The maximum Gasteiger partial charge on any atom is 0.573 e. The molecule has 2 amide bonds. The van der Waals surface area contributed by atoms with Gasteiger partial charge in [-0.15, -0.1) is 13.2 Å². The van der Waals surface area contributed by atoms with Crippen LogP contribution in [0.4, 0.5) is 29.3 Å². The molecule has 0 saturated heterocycles. The number of fused-ring (bicyclic) bond motifs is 1. The minimum atomic E-state index is -4.77. The molecule has 0 aliphatic heterocycles. The number of urea groups is 1. The van der Waals surface area contributed by atoms with Gasteiger partial charge < -0.3 is 15.4 Å². The van der Waals surface area contributed by atoms with Crippen molar-refractivity contribution in [1.82, 2.24) is 4.98 Å². The molecule has 0 radical (unpaired) electrons. The first-order valence-corrected chi connectivity index (χ1v) is 9.25. The summed E-state index contributed by atoms with van der Waals surface area (Å²) in [4.78, 5) is 16.9. The number of carbonyl (C=O) groups excluding carboxylic acids is 1. The largest absolute Gasteiger partial charge is 0.573 e. The Hall–Kier alpha value is -4.07. The summed E-state index contributed by atoms with van der Waals surface area (Å²) in [5.74, 6) is -0.368. The maximum absolute atomic E-state index is 12.4. The molecule has 0 unspecified atom stereocenters. The number of hydrogen-bond donors (Lipinski definition) is 2.